The Labute approximate surface area is 165 Å². The molecule has 1 aromatic heterocycles. The van der Waals surface area contributed by atoms with Crippen molar-refractivity contribution in [2.75, 3.05) is 0 Å². The molecule has 2 N–H and O–H groups in total. The van der Waals surface area contributed by atoms with E-state index in [4.69, 9.17) is 5.14 Å². The monoisotopic (exact) mass is 502 g/mol. The minimum absolute atomic E-state index is 0.0991. The van der Waals surface area contributed by atoms with E-state index in [-0.39, 0.29) is 5.56 Å². The number of aromatic nitrogens is 1. The lowest BCUT2D eigenvalue weighted by molar-refractivity contribution is 0.520. The van der Waals surface area contributed by atoms with E-state index in [0.29, 0.717) is 11.3 Å². The Hall–Kier alpha value is -1.68. The molecule has 1 heterocycles. The Bertz CT molecular complexity index is 1100. The van der Waals surface area contributed by atoms with Crippen molar-refractivity contribution in [3.63, 3.8) is 0 Å². The van der Waals surface area contributed by atoms with E-state index in [1.807, 2.05) is 18.2 Å². The number of nitrogens with two attached hydrogens (primary N) is 1. The first kappa shape index (κ1) is 19.1. The maximum atomic E-state index is 14.2. The van der Waals surface area contributed by atoms with Crippen LogP contribution in [0.4, 0.5) is 8.78 Å². The molecule has 4 nitrogen and oxygen atoms in total. The molecule has 2 aromatic carbocycles. The highest BCUT2D eigenvalue weighted by Crippen LogP contribution is 2.35. The summed E-state index contributed by atoms with van der Waals surface area (Å²) in [5.41, 5.74) is 1.80. The fourth-order valence-corrected chi connectivity index (χ4v) is 3.79. The third-order valence-electron chi connectivity index (χ3n) is 3.59. The molecule has 0 saturated heterocycles. The third kappa shape index (κ3) is 3.71. The summed E-state index contributed by atoms with van der Waals surface area (Å²) in [4.78, 5) is 3.05. The summed E-state index contributed by atoms with van der Waals surface area (Å²) in [6.07, 6.45) is 1.48. The summed E-state index contributed by atoms with van der Waals surface area (Å²) >= 11 is 6.79. The number of primary sulfonamides is 1. The van der Waals surface area contributed by atoms with Crippen molar-refractivity contribution in [2.24, 2.45) is 5.14 Å². The number of hydrogen-bond donors (Lipinski definition) is 1. The van der Waals surface area contributed by atoms with Gasteiger partial charge in [0.05, 0.1) is 5.69 Å². The molecule has 0 saturated carbocycles. The van der Waals surface area contributed by atoms with Crippen molar-refractivity contribution in [1.29, 1.82) is 0 Å². The minimum atomic E-state index is -4.52. The number of sulfonamides is 1. The minimum Gasteiger partial charge on any atom is -0.256 e. The van der Waals surface area contributed by atoms with Crippen molar-refractivity contribution in [1.82, 2.24) is 4.98 Å². The van der Waals surface area contributed by atoms with E-state index in [2.05, 4.69) is 36.8 Å². The van der Waals surface area contributed by atoms with Gasteiger partial charge in [0.2, 0.25) is 10.0 Å². The lowest BCUT2D eigenvalue weighted by atomic mass is 9.99. The van der Waals surface area contributed by atoms with Crippen LogP contribution in [0.2, 0.25) is 0 Å². The molecule has 0 bridgehead atoms. The molecule has 0 amide bonds. The highest BCUT2D eigenvalue weighted by molar-refractivity contribution is 9.13. The molecule has 0 atom stereocenters. The molecule has 0 fully saturated rings. The Kier molecular flexibility index (Phi) is 5.25. The van der Waals surface area contributed by atoms with Crippen LogP contribution in [0.3, 0.4) is 0 Å². The maximum absolute atomic E-state index is 14.2. The predicted molar refractivity (Wildman–Crippen MR) is 102 cm³/mol. The van der Waals surface area contributed by atoms with Gasteiger partial charge in [-0.2, -0.15) is 0 Å². The molecule has 134 valence electrons. The molecule has 0 aliphatic rings. The fourth-order valence-electron chi connectivity index (χ4n) is 2.50. The van der Waals surface area contributed by atoms with Crippen LogP contribution in [0.5, 0.6) is 0 Å². The average Bonchev–Trinajstić information content (AvgIpc) is 2.55. The molecular formula is C17H10Br2F2N2O2S. The molecule has 3 rings (SSSR count). The summed E-state index contributed by atoms with van der Waals surface area (Å²) in [5.74, 6) is -2.54. The van der Waals surface area contributed by atoms with Gasteiger partial charge in [-0.15, -0.1) is 0 Å². The first-order valence-electron chi connectivity index (χ1n) is 7.11. The average molecular weight is 504 g/mol. The topological polar surface area (TPSA) is 73.1 Å². The molecule has 9 heteroatoms. The van der Waals surface area contributed by atoms with Crippen molar-refractivity contribution < 1.29 is 17.2 Å². The number of pyridine rings is 1. The number of rotatable bonds is 3. The van der Waals surface area contributed by atoms with Crippen LogP contribution in [0.25, 0.3) is 22.4 Å². The predicted octanol–water partition coefficient (Wildman–Crippen LogP) is 4.87. The third-order valence-corrected chi connectivity index (χ3v) is 6.43. The van der Waals surface area contributed by atoms with E-state index >= 15 is 0 Å². The summed E-state index contributed by atoms with van der Waals surface area (Å²) in [6.45, 7) is 0. The Morgan fingerprint density at radius 2 is 1.58 bits per heavy atom. The zero-order valence-electron chi connectivity index (χ0n) is 12.9. The number of nitrogens with zero attached hydrogens (tertiary/aromatic N) is 1. The molecule has 3 aromatic rings. The highest BCUT2D eigenvalue weighted by Gasteiger charge is 2.22. The fraction of sp³-hybridized carbons (Fsp3) is 0. The molecule has 26 heavy (non-hydrogen) atoms. The number of hydrogen-bond acceptors (Lipinski definition) is 3. The van der Waals surface area contributed by atoms with Crippen LogP contribution >= 0.6 is 31.9 Å². The van der Waals surface area contributed by atoms with Crippen LogP contribution < -0.4 is 5.14 Å². The second-order valence-corrected chi connectivity index (χ2v) is 8.55. The van der Waals surface area contributed by atoms with Gasteiger partial charge in [0.15, 0.2) is 4.90 Å². The Morgan fingerprint density at radius 1 is 0.923 bits per heavy atom. The molecule has 0 aliphatic carbocycles. The normalized spacial score (nSPS) is 11.6. The van der Waals surface area contributed by atoms with E-state index in [0.717, 1.165) is 26.6 Å². The van der Waals surface area contributed by atoms with Gasteiger partial charge in [-0.05, 0) is 67.8 Å². The zero-order chi connectivity index (χ0) is 19.1. The van der Waals surface area contributed by atoms with Gasteiger partial charge in [-0.25, -0.2) is 22.3 Å². The van der Waals surface area contributed by atoms with Crippen LogP contribution in [0.15, 0.2) is 62.5 Å². The summed E-state index contributed by atoms with van der Waals surface area (Å²) in [6, 6.07) is 10.7. The summed E-state index contributed by atoms with van der Waals surface area (Å²) in [7, 11) is -4.52. The van der Waals surface area contributed by atoms with Gasteiger partial charge in [0.25, 0.3) is 0 Å². The molecule has 0 aliphatic heterocycles. The van der Waals surface area contributed by atoms with Crippen LogP contribution in [-0.2, 0) is 10.0 Å². The van der Waals surface area contributed by atoms with Gasteiger partial charge in [-0.1, -0.05) is 12.1 Å². The lowest BCUT2D eigenvalue weighted by Crippen LogP contribution is -2.16. The first-order valence-corrected chi connectivity index (χ1v) is 10.2. The van der Waals surface area contributed by atoms with Gasteiger partial charge in [0, 0.05) is 26.3 Å². The summed E-state index contributed by atoms with van der Waals surface area (Å²) in [5, 5.41) is 4.87. The highest BCUT2D eigenvalue weighted by atomic mass is 79.9. The van der Waals surface area contributed by atoms with Gasteiger partial charge in [-0.3, -0.25) is 4.98 Å². The molecule has 0 spiro atoms. The van der Waals surface area contributed by atoms with Gasteiger partial charge in [0.1, 0.15) is 11.6 Å². The largest absolute Gasteiger partial charge is 0.256 e. The second-order valence-electron chi connectivity index (χ2n) is 5.34. The van der Waals surface area contributed by atoms with E-state index in [1.165, 1.54) is 6.20 Å². The number of halogens is 4. The van der Waals surface area contributed by atoms with Crippen LogP contribution in [0.1, 0.15) is 0 Å². The standard InChI is InChI=1S/C17H10Br2F2N2O2S/c18-12-4-3-9(6-13(12)19)11-2-1-5-23-16(11)10-7-14(20)17(15(21)8-10)26(22,24)25/h1-8H,(H2,22,24,25). The molecule has 0 radical (unpaired) electrons. The van der Waals surface area contributed by atoms with Gasteiger partial charge >= 0.3 is 0 Å². The Morgan fingerprint density at radius 3 is 2.15 bits per heavy atom. The van der Waals surface area contributed by atoms with Crippen molar-refractivity contribution in [3.8, 4) is 22.4 Å². The lowest BCUT2D eigenvalue weighted by Gasteiger charge is -2.11. The van der Waals surface area contributed by atoms with E-state index in [9.17, 15) is 17.2 Å². The summed E-state index contributed by atoms with van der Waals surface area (Å²) < 4.78 is 52.8. The van der Waals surface area contributed by atoms with Crippen LogP contribution in [0, 0.1) is 11.6 Å². The van der Waals surface area contributed by atoms with Crippen molar-refractivity contribution in [3.05, 3.63) is 69.2 Å². The van der Waals surface area contributed by atoms with E-state index < -0.39 is 26.6 Å². The maximum Gasteiger partial charge on any atom is 0.243 e. The van der Waals surface area contributed by atoms with E-state index in [1.54, 1.807) is 12.1 Å². The first-order chi connectivity index (χ1) is 12.2. The smallest absolute Gasteiger partial charge is 0.243 e. The zero-order valence-corrected chi connectivity index (χ0v) is 16.9. The molecule has 0 unspecified atom stereocenters. The number of benzene rings is 2. The van der Waals surface area contributed by atoms with Crippen LogP contribution in [-0.4, -0.2) is 13.4 Å². The van der Waals surface area contributed by atoms with Crippen molar-refractivity contribution in [2.45, 2.75) is 4.90 Å². The van der Waals surface area contributed by atoms with Crippen molar-refractivity contribution >= 4 is 41.9 Å². The quantitative estimate of drug-likeness (QED) is 0.554. The van der Waals surface area contributed by atoms with Gasteiger partial charge < -0.3 is 0 Å². The second kappa shape index (κ2) is 7.15. The molecular weight excluding hydrogens is 494 g/mol. The SMILES string of the molecule is NS(=O)(=O)c1c(F)cc(-c2ncccc2-c2ccc(Br)c(Br)c2)cc1F. The Balaban J connectivity index is 2.22.